The monoisotopic (exact) mass is 137 g/mol. The van der Waals surface area contributed by atoms with Gasteiger partial charge in [0, 0.05) is 11.6 Å². The molecule has 1 aromatic rings. The van der Waals surface area contributed by atoms with Crippen LogP contribution < -0.4 is 0 Å². The predicted molar refractivity (Wildman–Crippen MR) is 34.1 cm³/mol. The van der Waals surface area contributed by atoms with Crippen molar-refractivity contribution in [1.82, 2.24) is 0 Å². The second kappa shape index (κ2) is 2.54. The van der Waals surface area contributed by atoms with E-state index in [4.69, 9.17) is 14.8 Å². The third-order valence-corrected chi connectivity index (χ3v) is 1.30. The van der Waals surface area contributed by atoms with Crippen LogP contribution in [-0.2, 0) is 6.61 Å². The lowest BCUT2D eigenvalue weighted by Crippen LogP contribution is -1.79. The number of hydrogen-bond acceptors (Lipinski definition) is 3. The zero-order valence-corrected chi connectivity index (χ0v) is 5.59. The van der Waals surface area contributed by atoms with Gasteiger partial charge < -0.3 is 9.52 Å². The minimum atomic E-state index is -0.0724. The number of rotatable bonds is 1. The number of aliphatic hydroxyl groups excluding tert-OH is 1. The molecule has 0 aliphatic heterocycles. The van der Waals surface area contributed by atoms with Gasteiger partial charge in [0.2, 0.25) is 5.76 Å². The molecule has 0 amide bonds. The Morgan fingerprint density at radius 2 is 2.50 bits per heavy atom. The standard InChI is InChI=1S/C7H7NO2/c1-5-6(4-9)2-7(3-8)10-5/h2,9H,4H2,1H3. The molecule has 0 aromatic carbocycles. The first-order valence-corrected chi connectivity index (χ1v) is 2.88. The smallest absolute Gasteiger partial charge is 0.204 e. The van der Waals surface area contributed by atoms with E-state index in [1.54, 1.807) is 6.92 Å². The van der Waals surface area contributed by atoms with Gasteiger partial charge in [-0.25, -0.2) is 0 Å². The Kier molecular flexibility index (Phi) is 1.74. The van der Waals surface area contributed by atoms with Gasteiger partial charge in [0.1, 0.15) is 11.8 Å². The summed E-state index contributed by atoms with van der Waals surface area (Å²) in [6.45, 7) is 1.64. The highest BCUT2D eigenvalue weighted by Crippen LogP contribution is 2.12. The van der Waals surface area contributed by atoms with Crippen LogP contribution in [0.3, 0.4) is 0 Å². The van der Waals surface area contributed by atoms with E-state index in [0.29, 0.717) is 11.3 Å². The molecule has 10 heavy (non-hydrogen) atoms. The van der Waals surface area contributed by atoms with E-state index in [9.17, 15) is 0 Å². The van der Waals surface area contributed by atoms with Crippen LogP contribution in [0, 0.1) is 18.3 Å². The molecule has 0 bridgehead atoms. The summed E-state index contributed by atoms with van der Waals surface area (Å²) >= 11 is 0. The van der Waals surface area contributed by atoms with E-state index < -0.39 is 0 Å². The van der Waals surface area contributed by atoms with Gasteiger partial charge in [-0.1, -0.05) is 0 Å². The van der Waals surface area contributed by atoms with Crippen molar-refractivity contribution in [1.29, 1.82) is 5.26 Å². The average Bonchev–Trinajstić information content (AvgIpc) is 2.30. The van der Waals surface area contributed by atoms with E-state index in [1.807, 2.05) is 6.07 Å². The Hall–Kier alpha value is -1.27. The second-order valence-corrected chi connectivity index (χ2v) is 1.96. The molecule has 0 saturated heterocycles. The van der Waals surface area contributed by atoms with Gasteiger partial charge in [-0.05, 0) is 6.92 Å². The molecule has 1 aromatic heterocycles. The minimum absolute atomic E-state index is 0.0724. The average molecular weight is 137 g/mol. The summed E-state index contributed by atoms with van der Waals surface area (Å²) in [6, 6.07) is 3.38. The molecule has 3 heteroatoms. The summed E-state index contributed by atoms with van der Waals surface area (Å²) in [4.78, 5) is 0. The summed E-state index contributed by atoms with van der Waals surface area (Å²) in [5.74, 6) is 0.862. The van der Waals surface area contributed by atoms with Crippen LogP contribution in [0.2, 0.25) is 0 Å². The van der Waals surface area contributed by atoms with Crippen molar-refractivity contribution in [2.24, 2.45) is 0 Å². The lowest BCUT2D eigenvalue weighted by atomic mass is 10.3. The van der Waals surface area contributed by atoms with Crippen molar-refractivity contribution in [3.63, 3.8) is 0 Å². The Morgan fingerprint density at radius 1 is 1.80 bits per heavy atom. The zero-order valence-electron chi connectivity index (χ0n) is 5.59. The van der Waals surface area contributed by atoms with Crippen molar-refractivity contribution in [3.05, 3.63) is 23.2 Å². The number of hydrogen-bond donors (Lipinski definition) is 1. The lowest BCUT2D eigenvalue weighted by molar-refractivity contribution is 0.279. The molecule has 1 N–H and O–H groups in total. The summed E-state index contributed by atoms with van der Waals surface area (Å²) in [5.41, 5.74) is 0.677. The normalized spacial score (nSPS) is 9.30. The van der Waals surface area contributed by atoms with E-state index in [-0.39, 0.29) is 12.4 Å². The molecule has 0 atom stereocenters. The molecule has 0 unspecified atom stereocenters. The topological polar surface area (TPSA) is 57.2 Å². The second-order valence-electron chi connectivity index (χ2n) is 1.96. The number of furan rings is 1. The Morgan fingerprint density at radius 3 is 2.80 bits per heavy atom. The summed E-state index contributed by atoms with van der Waals surface area (Å²) in [7, 11) is 0. The number of aryl methyl sites for hydroxylation is 1. The molecule has 0 aliphatic rings. The van der Waals surface area contributed by atoms with Crippen molar-refractivity contribution < 1.29 is 9.52 Å². The fourth-order valence-corrected chi connectivity index (χ4v) is 0.732. The van der Waals surface area contributed by atoms with Crippen LogP contribution in [0.1, 0.15) is 17.1 Å². The molecule has 0 radical (unpaired) electrons. The van der Waals surface area contributed by atoms with Crippen LogP contribution in [0.25, 0.3) is 0 Å². The zero-order chi connectivity index (χ0) is 7.56. The predicted octanol–water partition coefficient (Wildman–Crippen LogP) is 0.952. The molecule has 0 fully saturated rings. The maximum Gasteiger partial charge on any atom is 0.204 e. The third-order valence-electron chi connectivity index (χ3n) is 1.30. The van der Waals surface area contributed by atoms with E-state index in [2.05, 4.69) is 0 Å². The van der Waals surface area contributed by atoms with Crippen molar-refractivity contribution in [2.45, 2.75) is 13.5 Å². The Balaban J connectivity index is 3.07. The Labute approximate surface area is 58.5 Å². The third kappa shape index (κ3) is 1.02. The van der Waals surface area contributed by atoms with Gasteiger partial charge >= 0.3 is 0 Å². The summed E-state index contributed by atoms with van der Waals surface area (Å²) in [6.07, 6.45) is 0. The molecule has 0 aliphatic carbocycles. The first-order chi connectivity index (χ1) is 4.77. The maximum absolute atomic E-state index is 8.66. The van der Waals surface area contributed by atoms with Crippen LogP contribution >= 0.6 is 0 Å². The summed E-state index contributed by atoms with van der Waals surface area (Å²) < 4.78 is 4.93. The largest absolute Gasteiger partial charge is 0.451 e. The fourth-order valence-electron chi connectivity index (χ4n) is 0.732. The number of nitrogens with zero attached hydrogens (tertiary/aromatic N) is 1. The molecular formula is C7H7NO2. The van der Waals surface area contributed by atoms with Gasteiger partial charge in [0.25, 0.3) is 0 Å². The Bertz CT molecular complexity index is 270. The number of nitriles is 1. The van der Waals surface area contributed by atoms with Crippen molar-refractivity contribution in [2.75, 3.05) is 0 Å². The first kappa shape index (κ1) is 6.84. The molecule has 3 nitrogen and oxygen atoms in total. The maximum atomic E-state index is 8.66. The molecule has 0 saturated carbocycles. The highest BCUT2D eigenvalue weighted by Gasteiger charge is 2.03. The fraction of sp³-hybridized carbons (Fsp3) is 0.286. The summed E-state index contributed by atoms with van der Waals surface area (Å²) in [5, 5.41) is 17.0. The van der Waals surface area contributed by atoms with Crippen LogP contribution in [0.4, 0.5) is 0 Å². The highest BCUT2D eigenvalue weighted by atomic mass is 16.3. The van der Waals surface area contributed by atoms with Crippen LogP contribution in [0.15, 0.2) is 10.5 Å². The molecule has 0 spiro atoms. The van der Waals surface area contributed by atoms with Gasteiger partial charge in [-0.3, -0.25) is 0 Å². The molecule has 1 heterocycles. The van der Waals surface area contributed by atoms with Crippen LogP contribution in [0.5, 0.6) is 0 Å². The van der Waals surface area contributed by atoms with Crippen molar-refractivity contribution >= 4 is 0 Å². The van der Waals surface area contributed by atoms with Gasteiger partial charge in [-0.2, -0.15) is 5.26 Å². The van der Waals surface area contributed by atoms with E-state index in [1.165, 1.54) is 6.07 Å². The number of aliphatic hydroxyl groups is 1. The highest BCUT2D eigenvalue weighted by molar-refractivity contribution is 5.26. The van der Waals surface area contributed by atoms with Gasteiger partial charge in [-0.15, -0.1) is 0 Å². The minimum Gasteiger partial charge on any atom is -0.451 e. The van der Waals surface area contributed by atoms with Crippen molar-refractivity contribution in [3.8, 4) is 6.07 Å². The molecule has 52 valence electrons. The van der Waals surface area contributed by atoms with Gasteiger partial charge in [0.05, 0.1) is 6.61 Å². The molecular weight excluding hydrogens is 130 g/mol. The van der Waals surface area contributed by atoms with E-state index >= 15 is 0 Å². The van der Waals surface area contributed by atoms with Crippen LogP contribution in [-0.4, -0.2) is 5.11 Å². The first-order valence-electron chi connectivity index (χ1n) is 2.88. The lowest BCUT2D eigenvalue weighted by Gasteiger charge is -1.85. The van der Waals surface area contributed by atoms with Gasteiger partial charge in [0.15, 0.2) is 0 Å². The molecule has 1 rings (SSSR count). The quantitative estimate of drug-likeness (QED) is 0.627. The SMILES string of the molecule is Cc1oc(C#N)cc1CO. The van der Waals surface area contributed by atoms with E-state index in [0.717, 1.165) is 0 Å².